The van der Waals surface area contributed by atoms with Crippen LogP contribution in [0.25, 0.3) is 0 Å². The highest BCUT2D eigenvalue weighted by atomic mass is 19.1. The zero-order chi connectivity index (χ0) is 24.3. The Bertz CT molecular complexity index is 1070. The summed E-state index contributed by atoms with van der Waals surface area (Å²) >= 11 is 0. The number of hydrogen-bond acceptors (Lipinski definition) is 6. The Morgan fingerprint density at radius 1 is 1.18 bits per heavy atom. The molecule has 2 aliphatic rings. The van der Waals surface area contributed by atoms with E-state index in [1.165, 1.54) is 27.8 Å². The fourth-order valence-corrected chi connectivity index (χ4v) is 4.06. The van der Waals surface area contributed by atoms with E-state index in [2.05, 4.69) is 20.6 Å². The van der Waals surface area contributed by atoms with Gasteiger partial charge in [-0.3, -0.25) is 24.0 Å². The highest BCUT2D eigenvalue weighted by Gasteiger charge is 2.46. The summed E-state index contributed by atoms with van der Waals surface area (Å²) in [5, 5.41) is 9.96. The number of ether oxygens (including phenoxy) is 1. The smallest absolute Gasteiger partial charge is 0.272 e. The Morgan fingerprint density at radius 3 is 2.59 bits per heavy atom. The molecule has 2 aliphatic heterocycles. The molecule has 0 unspecified atom stereocenters. The second-order valence-corrected chi connectivity index (χ2v) is 8.73. The molecule has 3 heterocycles. The van der Waals surface area contributed by atoms with Crippen LogP contribution in [0.4, 0.5) is 4.39 Å². The minimum Gasteiger partial charge on any atom is -0.379 e. The number of carbonyl (C=O) groups is 3. The van der Waals surface area contributed by atoms with Gasteiger partial charge in [0.1, 0.15) is 17.1 Å². The van der Waals surface area contributed by atoms with E-state index in [4.69, 9.17) is 4.74 Å². The van der Waals surface area contributed by atoms with Gasteiger partial charge in [-0.05, 0) is 24.6 Å². The topological polar surface area (TPSA) is 109 Å². The van der Waals surface area contributed by atoms with E-state index in [0.717, 1.165) is 18.7 Å². The monoisotopic (exact) mass is 472 g/mol. The van der Waals surface area contributed by atoms with Gasteiger partial charge in [-0.15, -0.1) is 0 Å². The molecule has 1 aromatic heterocycles. The molecule has 2 aromatic rings. The normalized spacial score (nSPS) is 20.7. The van der Waals surface area contributed by atoms with Crippen LogP contribution in [0, 0.1) is 5.82 Å². The molecule has 1 atom stereocenters. The Morgan fingerprint density at radius 2 is 1.88 bits per heavy atom. The maximum Gasteiger partial charge on any atom is 0.272 e. The summed E-state index contributed by atoms with van der Waals surface area (Å²) < 4.78 is 19.8. The summed E-state index contributed by atoms with van der Waals surface area (Å²) in [5.41, 5.74) is -0.0847. The van der Waals surface area contributed by atoms with Crippen LogP contribution >= 0.6 is 0 Å². The molecule has 11 heteroatoms. The molecule has 0 radical (unpaired) electrons. The molecule has 4 rings (SSSR count). The van der Waals surface area contributed by atoms with E-state index in [0.29, 0.717) is 26.3 Å². The fraction of sp³-hybridized carbons (Fsp3) is 0.478. The predicted octanol–water partition coefficient (Wildman–Crippen LogP) is 0.245. The lowest BCUT2D eigenvalue weighted by molar-refractivity contribution is -0.132. The molecule has 0 aliphatic carbocycles. The number of nitrogens with one attached hydrogen (secondary N) is 2. The molecular formula is C23H29FN6O4. The van der Waals surface area contributed by atoms with E-state index in [9.17, 15) is 18.8 Å². The number of fused-ring (bicyclic) bond motifs is 1. The number of benzene rings is 1. The lowest BCUT2D eigenvalue weighted by atomic mass is 9.96. The van der Waals surface area contributed by atoms with Crippen molar-refractivity contribution < 1.29 is 23.5 Å². The van der Waals surface area contributed by atoms with Crippen LogP contribution in [0.15, 0.2) is 30.3 Å². The summed E-state index contributed by atoms with van der Waals surface area (Å²) in [4.78, 5) is 42.2. The van der Waals surface area contributed by atoms with Crippen LogP contribution in [0.2, 0.25) is 0 Å². The summed E-state index contributed by atoms with van der Waals surface area (Å²) in [7, 11) is 1.55. The SMILES string of the molecule is CN1C(=O)c2cc(C(=O)NCCN3CCOCC3)nn2C[C@@]1(C)C(=O)NCc1ccc(F)cc1. The summed E-state index contributed by atoms with van der Waals surface area (Å²) in [6.45, 7) is 6.14. The van der Waals surface area contributed by atoms with Crippen molar-refractivity contribution in [1.82, 2.24) is 30.2 Å². The van der Waals surface area contributed by atoms with Crippen molar-refractivity contribution in [3.05, 3.63) is 53.1 Å². The van der Waals surface area contributed by atoms with Gasteiger partial charge in [0.15, 0.2) is 5.69 Å². The molecule has 1 aromatic carbocycles. The average molecular weight is 473 g/mol. The second kappa shape index (κ2) is 9.90. The van der Waals surface area contributed by atoms with Gasteiger partial charge >= 0.3 is 0 Å². The summed E-state index contributed by atoms with van der Waals surface area (Å²) in [6.07, 6.45) is 0. The van der Waals surface area contributed by atoms with Gasteiger partial charge in [0.25, 0.3) is 11.8 Å². The second-order valence-electron chi connectivity index (χ2n) is 8.73. The van der Waals surface area contributed by atoms with Crippen LogP contribution in [0.5, 0.6) is 0 Å². The molecule has 1 fully saturated rings. The van der Waals surface area contributed by atoms with Gasteiger partial charge in [-0.25, -0.2) is 4.39 Å². The van der Waals surface area contributed by atoms with E-state index in [-0.39, 0.29) is 42.1 Å². The van der Waals surface area contributed by atoms with Crippen LogP contribution in [0.1, 0.15) is 33.5 Å². The summed E-state index contributed by atoms with van der Waals surface area (Å²) in [6, 6.07) is 7.28. The number of amides is 3. The highest BCUT2D eigenvalue weighted by molar-refractivity contribution is 6.01. The Labute approximate surface area is 197 Å². The lowest BCUT2D eigenvalue weighted by Gasteiger charge is -2.40. The van der Waals surface area contributed by atoms with E-state index < -0.39 is 11.4 Å². The molecule has 182 valence electrons. The van der Waals surface area contributed by atoms with Crippen LogP contribution in [-0.4, -0.2) is 89.3 Å². The Kier molecular flexibility index (Phi) is 6.94. The number of hydrogen-bond donors (Lipinski definition) is 2. The third-order valence-electron chi connectivity index (χ3n) is 6.41. The van der Waals surface area contributed by atoms with E-state index in [1.807, 2.05) is 0 Å². The number of aromatic nitrogens is 2. The number of rotatable bonds is 7. The minimum absolute atomic E-state index is 0.0981. The Hall–Kier alpha value is -3.31. The van der Waals surface area contributed by atoms with Crippen molar-refractivity contribution in [3.8, 4) is 0 Å². The average Bonchev–Trinajstić information content (AvgIpc) is 3.26. The number of carbonyl (C=O) groups excluding carboxylic acids is 3. The van der Waals surface area contributed by atoms with Crippen molar-refractivity contribution in [2.45, 2.75) is 25.6 Å². The first kappa shape index (κ1) is 23.8. The molecule has 2 N–H and O–H groups in total. The van der Waals surface area contributed by atoms with Gasteiger partial charge in [-0.1, -0.05) is 12.1 Å². The maximum absolute atomic E-state index is 13.1. The van der Waals surface area contributed by atoms with Crippen molar-refractivity contribution in [2.24, 2.45) is 0 Å². The quantitative estimate of drug-likeness (QED) is 0.598. The van der Waals surface area contributed by atoms with E-state index >= 15 is 0 Å². The first-order valence-corrected chi connectivity index (χ1v) is 11.2. The van der Waals surface area contributed by atoms with Crippen LogP contribution < -0.4 is 10.6 Å². The molecule has 34 heavy (non-hydrogen) atoms. The molecule has 3 amide bonds. The fourth-order valence-electron chi connectivity index (χ4n) is 4.06. The summed E-state index contributed by atoms with van der Waals surface area (Å²) in [5.74, 6) is -1.49. The minimum atomic E-state index is -1.21. The highest BCUT2D eigenvalue weighted by Crippen LogP contribution is 2.26. The third-order valence-corrected chi connectivity index (χ3v) is 6.41. The van der Waals surface area contributed by atoms with Gasteiger partial charge < -0.3 is 20.3 Å². The number of morpholine rings is 1. The standard InChI is InChI=1S/C23H29FN6O4/c1-23(22(33)26-14-16-3-5-17(24)6-4-16)15-30-19(21(32)28(23)2)13-18(27-30)20(31)25-7-8-29-9-11-34-12-10-29/h3-6,13H,7-12,14-15H2,1-2H3,(H,25,31)(H,26,33)/t23-/m0/s1. The maximum atomic E-state index is 13.1. The largest absolute Gasteiger partial charge is 0.379 e. The van der Waals surface area contributed by atoms with Crippen LogP contribution in [-0.2, 0) is 22.6 Å². The number of nitrogens with zero attached hydrogens (tertiary/aromatic N) is 4. The molecule has 0 bridgehead atoms. The zero-order valence-corrected chi connectivity index (χ0v) is 19.3. The van der Waals surface area contributed by atoms with Gasteiger partial charge in [-0.2, -0.15) is 5.10 Å². The Balaban J connectivity index is 1.39. The van der Waals surface area contributed by atoms with Crippen molar-refractivity contribution in [2.75, 3.05) is 46.4 Å². The molecule has 0 spiro atoms. The van der Waals surface area contributed by atoms with Crippen molar-refractivity contribution in [1.29, 1.82) is 0 Å². The third kappa shape index (κ3) is 4.95. The molecule has 10 nitrogen and oxygen atoms in total. The lowest BCUT2D eigenvalue weighted by Crippen LogP contribution is -2.62. The number of likely N-dealkylation sites (N-methyl/N-ethyl adjacent to an activating group) is 1. The first-order valence-electron chi connectivity index (χ1n) is 11.2. The first-order chi connectivity index (χ1) is 16.3. The predicted molar refractivity (Wildman–Crippen MR) is 121 cm³/mol. The molecule has 0 saturated carbocycles. The number of halogens is 1. The zero-order valence-electron chi connectivity index (χ0n) is 19.3. The van der Waals surface area contributed by atoms with Gasteiger partial charge in [0, 0.05) is 45.8 Å². The van der Waals surface area contributed by atoms with Gasteiger partial charge in [0.2, 0.25) is 5.91 Å². The van der Waals surface area contributed by atoms with Crippen molar-refractivity contribution in [3.63, 3.8) is 0 Å². The molecular weight excluding hydrogens is 443 g/mol. The molecule has 1 saturated heterocycles. The van der Waals surface area contributed by atoms with E-state index in [1.54, 1.807) is 26.1 Å². The van der Waals surface area contributed by atoms with Crippen LogP contribution in [0.3, 0.4) is 0 Å². The van der Waals surface area contributed by atoms with Gasteiger partial charge in [0.05, 0.1) is 19.8 Å². The van der Waals surface area contributed by atoms with Crippen molar-refractivity contribution >= 4 is 17.7 Å².